The summed E-state index contributed by atoms with van der Waals surface area (Å²) in [5.41, 5.74) is 1.05. The van der Waals surface area contributed by atoms with Crippen molar-refractivity contribution in [3.8, 4) is 11.5 Å². The van der Waals surface area contributed by atoms with Crippen molar-refractivity contribution in [1.82, 2.24) is 0 Å². The van der Waals surface area contributed by atoms with Gasteiger partial charge in [-0.05, 0) is 50.5 Å². The molecule has 87 heavy (non-hydrogen) atoms. The van der Waals surface area contributed by atoms with E-state index in [1.807, 2.05) is 12.1 Å². The molecule has 0 fully saturated rings. The number of esters is 2. The number of carbonyl (C=O) groups excluding carboxylic acids is 2. The fourth-order valence-electron chi connectivity index (χ4n) is 13.0. The minimum atomic E-state index is -0.675. The molecule has 0 bridgehead atoms. The molecule has 0 radical (unpaired) electrons. The third-order valence-corrected chi connectivity index (χ3v) is 18.7. The van der Waals surface area contributed by atoms with Gasteiger partial charge in [0.25, 0.3) is 0 Å². The Balaban J connectivity index is 2.86. The summed E-state index contributed by atoms with van der Waals surface area (Å²) >= 11 is 0. The standard InChI is InChI=1S/C79H144O8/c1-3-5-7-9-11-13-15-17-21-31-37-43-49-55-61-70-77(84)86-74-67-63-66-73(79(74)87-78(85)71-62-56-50-44-38-32-22-18-16-14-12-10-8-6-4-2)72(64-57-51-45-39-33-27-23-19-25-29-35-41-47-53-59-68-75(80)81)65-58-52-46-40-34-28-24-20-26-30-36-42-48-54-60-69-76(82)83/h63,66-67,72H,3-62,64-65,68-71H2,1-2H3,(H,80,81)(H,82,83). The number of ether oxygens (including phenoxy) is 2. The minimum absolute atomic E-state index is 0.203. The Kier molecular flexibility index (Phi) is 62.3. The molecule has 0 saturated carbocycles. The van der Waals surface area contributed by atoms with Gasteiger partial charge in [0.15, 0.2) is 11.5 Å². The van der Waals surface area contributed by atoms with Gasteiger partial charge in [-0.2, -0.15) is 0 Å². The molecule has 0 atom stereocenters. The van der Waals surface area contributed by atoms with Gasteiger partial charge in [-0.15, -0.1) is 0 Å². The first-order chi connectivity index (χ1) is 42.8. The van der Waals surface area contributed by atoms with Crippen molar-refractivity contribution < 1.29 is 38.9 Å². The third kappa shape index (κ3) is 58.0. The van der Waals surface area contributed by atoms with E-state index in [4.69, 9.17) is 19.7 Å². The predicted molar refractivity (Wildman–Crippen MR) is 372 cm³/mol. The van der Waals surface area contributed by atoms with Crippen LogP contribution in [-0.4, -0.2) is 34.1 Å². The summed E-state index contributed by atoms with van der Waals surface area (Å²) < 4.78 is 12.7. The van der Waals surface area contributed by atoms with Crippen LogP contribution in [0.1, 0.15) is 449 Å². The maximum absolute atomic E-state index is 13.9. The minimum Gasteiger partial charge on any atom is -0.481 e. The monoisotopic (exact) mass is 1220 g/mol. The lowest BCUT2D eigenvalue weighted by atomic mass is 9.87. The second-order valence-corrected chi connectivity index (χ2v) is 27.2. The zero-order chi connectivity index (χ0) is 62.8. The number of benzene rings is 1. The van der Waals surface area contributed by atoms with Crippen molar-refractivity contribution >= 4 is 23.9 Å². The van der Waals surface area contributed by atoms with E-state index in [0.29, 0.717) is 37.2 Å². The van der Waals surface area contributed by atoms with E-state index in [1.54, 1.807) is 0 Å². The van der Waals surface area contributed by atoms with Gasteiger partial charge in [0.2, 0.25) is 0 Å². The van der Waals surface area contributed by atoms with Crippen LogP contribution in [0.25, 0.3) is 0 Å². The van der Waals surface area contributed by atoms with Crippen LogP contribution in [0.15, 0.2) is 18.2 Å². The first-order valence-electron chi connectivity index (χ1n) is 38.8. The molecule has 1 aromatic carbocycles. The zero-order valence-electron chi connectivity index (χ0n) is 57.8. The fraction of sp³-hybridized carbons (Fsp3) is 0.873. The lowest BCUT2D eigenvalue weighted by Gasteiger charge is -2.22. The van der Waals surface area contributed by atoms with Crippen molar-refractivity contribution in [3.63, 3.8) is 0 Å². The molecule has 2 N–H and O–H groups in total. The summed E-state index contributed by atoms with van der Waals surface area (Å²) in [6.07, 6.45) is 78.6. The molecule has 0 aliphatic carbocycles. The zero-order valence-corrected chi connectivity index (χ0v) is 57.8. The molecule has 1 aromatic rings. The van der Waals surface area contributed by atoms with Crippen LogP contribution in [0.3, 0.4) is 0 Å². The van der Waals surface area contributed by atoms with Crippen LogP contribution in [0.2, 0.25) is 0 Å². The van der Waals surface area contributed by atoms with Crippen LogP contribution >= 0.6 is 0 Å². The highest BCUT2D eigenvalue weighted by Gasteiger charge is 2.24. The average Bonchev–Trinajstić information content (AvgIpc) is 3.71. The number of para-hydroxylation sites is 1. The van der Waals surface area contributed by atoms with Gasteiger partial charge in [0.1, 0.15) is 0 Å². The van der Waals surface area contributed by atoms with Crippen molar-refractivity contribution in [2.75, 3.05) is 0 Å². The van der Waals surface area contributed by atoms with Crippen LogP contribution in [0.5, 0.6) is 11.5 Å². The van der Waals surface area contributed by atoms with Gasteiger partial charge in [0.05, 0.1) is 0 Å². The van der Waals surface area contributed by atoms with E-state index in [2.05, 4.69) is 19.9 Å². The number of hydrogen-bond donors (Lipinski definition) is 2. The number of hydrogen-bond acceptors (Lipinski definition) is 6. The molecule has 0 aromatic heterocycles. The summed E-state index contributed by atoms with van der Waals surface area (Å²) in [5, 5.41) is 17.7. The Morgan fingerprint density at radius 2 is 0.506 bits per heavy atom. The van der Waals surface area contributed by atoms with Crippen molar-refractivity contribution in [2.24, 2.45) is 0 Å². The number of carboxylic acid groups (broad SMARTS) is 2. The third-order valence-electron chi connectivity index (χ3n) is 18.7. The summed E-state index contributed by atoms with van der Waals surface area (Å²) in [5.74, 6) is -0.607. The molecule has 8 nitrogen and oxygen atoms in total. The predicted octanol–water partition coefficient (Wildman–Crippen LogP) is 26.5. The van der Waals surface area contributed by atoms with Crippen LogP contribution in [-0.2, 0) is 19.2 Å². The van der Waals surface area contributed by atoms with Crippen molar-refractivity contribution in [2.45, 2.75) is 444 Å². The van der Waals surface area contributed by atoms with E-state index in [9.17, 15) is 19.2 Å². The van der Waals surface area contributed by atoms with Crippen LogP contribution in [0, 0.1) is 0 Å². The van der Waals surface area contributed by atoms with Crippen molar-refractivity contribution in [1.29, 1.82) is 0 Å². The Hall–Kier alpha value is -2.90. The fourth-order valence-corrected chi connectivity index (χ4v) is 13.0. The van der Waals surface area contributed by atoms with Gasteiger partial charge in [-0.25, -0.2) is 0 Å². The Labute approximate surface area is 539 Å². The Morgan fingerprint density at radius 1 is 0.287 bits per heavy atom. The molecule has 0 amide bonds. The molecule has 0 aliphatic rings. The SMILES string of the molecule is CCCCCCCCCCCCCCCCCC(=O)Oc1cccc(C(CCCCCCCCCCCCCCCCCC(=O)O)CCCCCCCCCCCCCCCCCC(=O)O)c1OC(=O)CCCCCCCCCCCCCCCCC. The topological polar surface area (TPSA) is 127 Å². The lowest BCUT2D eigenvalue weighted by molar-refractivity contribution is -0.138. The molecule has 0 spiro atoms. The van der Waals surface area contributed by atoms with Crippen molar-refractivity contribution in [3.05, 3.63) is 23.8 Å². The number of unbranched alkanes of at least 4 members (excludes halogenated alkanes) is 56. The number of carbonyl (C=O) groups is 4. The van der Waals surface area contributed by atoms with Crippen LogP contribution in [0.4, 0.5) is 0 Å². The molecule has 0 unspecified atom stereocenters. The largest absolute Gasteiger partial charge is 0.481 e. The quantitative estimate of drug-likeness (QED) is 0.0375. The summed E-state index contributed by atoms with van der Waals surface area (Å²) in [6, 6.07) is 6.06. The molecule has 508 valence electrons. The number of rotatable bonds is 71. The molecular weight excluding hydrogens is 1080 g/mol. The highest BCUT2D eigenvalue weighted by Crippen LogP contribution is 2.41. The molecule has 0 heterocycles. The van der Waals surface area contributed by atoms with Gasteiger partial charge in [0, 0.05) is 31.2 Å². The summed E-state index contributed by atoms with van der Waals surface area (Å²) in [6.45, 7) is 4.57. The molecule has 8 heteroatoms. The number of aliphatic carboxylic acids is 2. The first kappa shape index (κ1) is 82.1. The Morgan fingerprint density at radius 3 is 0.759 bits per heavy atom. The summed E-state index contributed by atoms with van der Waals surface area (Å²) in [4.78, 5) is 49.0. The maximum Gasteiger partial charge on any atom is 0.311 e. The summed E-state index contributed by atoms with van der Waals surface area (Å²) in [7, 11) is 0. The van der Waals surface area contributed by atoms with E-state index >= 15 is 0 Å². The van der Waals surface area contributed by atoms with Gasteiger partial charge in [-0.1, -0.05) is 386 Å². The normalized spacial score (nSPS) is 11.5. The van der Waals surface area contributed by atoms with Gasteiger partial charge >= 0.3 is 23.9 Å². The lowest BCUT2D eigenvalue weighted by Crippen LogP contribution is -2.14. The average molecular weight is 1220 g/mol. The van der Waals surface area contributed by atoms with E-state index in [-0.39, 0.29) is 17.9 Å². The molecule has 0 saturated heterocycles. The molecular formula is C79H144O8. The molecule has 1 rings (SSSR count). The second kappa shape index (κ2) is 66.0. The smallest absolute Gasteiger partial charge is 0.311 e. The van der Waals surface area contributed by atoms with E-state index in [0.717, 1.165) is 108 Å². The van der Waals surface area contributed by atoms with Gasteiger partial charge < -0.3 is 19.7 Å². The highest BCUT2D eigenvalue weighted by atomic mass is 16.6. The number of carboxylic acids is 2. The van der Waals surface area contributed by atoms with E-state index in [1.165, 1.54) is 295 Å². The van der Waals surface area contributed by atoms with Crippen LogP contribution < -0.4 is 9.47 Å². The van der Waals surface area contributed by atoms with Gasteiger partial charge in [-0.3, -0.25) is 19.2 Å². The molecule has 0 aliphatic heterocycles. The maximum atomic E-state index is 13.9. The second-order valence-electron chi connectivity index (χ2n) is 27.2. The Bertz CT molecular complexity index is 1610. The highest BCUT2D eigenvalue weighted by molar-refractivity contribution is 5.77. The first-order valence-corrected chi connectivity index (χ1v) is 38.8. The van der Waals surface area contributed by atoms with E-state index < -0.39 is 11.9 Å².